The van der Waals surface area contributed by atoms with Crippen LogP contribution in [-0.4, -0.2) is 12.1 Å². The highest BCUT2D eigenvalue weighted by atomic mass is 32.2. The van der Waals surface area contributed by atoms with Crippen molar-refractivity contribution in [3.05, 3.63) is 11.5 Å². The second-order valence-corrected chi connectivity index (χ2v) is 1.61. The zero-order valence-corrected chi connectivity index (χ0v) is 4.03. The Kier molecular flexibility index (Phi) is 1.33. The molecule has 0 unspecified atom stereocenters. The first-order valence-electron chi connectivity index (χ1n) is 1.72. The zero-order chi connectivity index (χ0) is 4.24. The average Bonchev–Trinajstić information content (AvgIpc) is 1.72. The number of nitrogens with zero attached hydrogens (tertiary/aromatic N) is 1. The Morgan fingerprint density at radius 1 is 1.83 bits per heavy atom. The minimum Gasteiger partial charge on any atom is -0.271 e. The van der Waals surface area contributed by atoms with Crippen LogP contribution < -0.4 is 0 Å². The minimum absolute atomic E-state index is 0.812. The molecule has 0 amide bonds. The third-order valence-electron chi connectivity index (χ3n) is 0.478. The van der Waals surface area contributed by atoms with E-state index >= 15 is 0 Å². The molecule has 0 atom stereocenters. The van der Waals surface area contributed by atoms with Crippen molar-refractivity contribution in [2.75, 3.05) is 6.54 Å². The summed E-state index contributed by atoms with van der Waals surface area (Å²) in [5.41, 5.74) is 2.74. The Balaban J connectivity index is 2.40. The molecule has 1 heterocycles. The van der Waals surface area contributed by atoms with Crippen LogP contribution in [0.3, 0.4) is 0 Å². The van der Waals surface area contributed by atoms with Crippen LogP contribution in [0.1, 0.15) is 0 Å². The highest BCUT2D eigenvalue weighted by Gasteiger charge is 1.78. The van der Waals surface area contributed by atoms with Gasteiger partial charge in [-0.15, -0.1) is 0 Å². The fraction of sp³-hybridized carbons (Fsp3) is 0.250. The zero-order valence-electron chi connectivity index (χ0n) is 3.22. The number of aliphatic imine (C=N–C) groups is 1. The molecule has 1 aliphatic heterocycles. The first-order valence-corrected chi connectivity index (χ1v) is 2.60. The summed E-state index contributed by atoms with van der Waals surface area (Å²) in [7, 11) is 0. The molecule has 2 heteroatoms. The number of thioether (sulfide) groups is 1. The van der Waals surface area contributed by atoms with Crippen LogP contribution in [0.2, 0.25) is 0 Å². The summed E-state index contributed by atoms with van der Waals surface area (Å²) in [5, 5.41) is 1.98. The fourth-order valence-electron chi connectivity index (χ4n) is 0.249. The third-order valence-corrected chi connectivity index (χ3v) is 1.04. The summed E-state index contributed by atoms with van der Waals surface area (Å²) in [6.07, 6.45) is 2.00. The summed E-state index contributed by atoms with van der Waals surface area (Å²) < 4.78 is 0. The van der Waals surface area contributed by atoms with E-state index in [0.29, 0.717) is 0 Å². The highest BCUT2D eigenvalue weighted by molar-refractivity contribution is 8.14. The molecule has 31 valence electrons. The van der Waals surface area contributed by atoms with E-state index in [2.05, 4.69) is 10.5 Å². The lowest BCUT2D eigenvalue weighted by Gasteiger charge is -1.85. The molecule has 0 saturated carbocycles. The Labute approximate surface area is 41.2 Å². The molecule has 0 spiro atoms. The Morgan fingerprint density at radius 2 is 2.83 bits per heavy atom. The SMILES string of the molecule is [C]1=NCC=CS1. The van der Waals surface area contributed by atoms with Crippen LogP contribution in [0, 0.1) is 0 Å². The second kappa shape index (κ2) is 2.03. The lowest BCUT2D eigenvalue weighted by molar-refractivity contribution is 1.27. The van der Waals surface area contributed by atoms with E-state index in [-0.39, 0.29) is 0 Å². The molecule has 0 N–H and O–H groups in total. The Morgan fingerprint density at radius 3 is 3.00 bits per heavy atom. The van der Waals surface area contributed by atoms with Crippen molar-refractivity contribution < 1.29 is 0 Å². The van der Waals surface area contributed by atoms with Crippen molar-refractivity contribution in [1.82, 2.24) is 0 Å². The van der Waals surface area contributed by atoms with Crippen molar-refractivity contribution in [3.63, 3.8) is 0 Å². The van der Waals surface area contributed by atoms with Gasteiger partial charge in [-0.2, -0.15) is 0 Å². The predicted octanol–water partition coefficient (Wildman–Crippen LogP) is 1.15. The van der Waals surface area contributed by atoms with Crippen molar-refractivity contribution in [3.8, 4) is 0 Å². The first kappa shape index (κ1) is 3.93. The standard InChI is InChI=1S/C4H4NS/c1-2-5-4-6-3-1/h1,3H,2H2. The maximum atomic E-state index is 3.80. The summed E-state index contributed by atoms with van der Waals surface area (Å²) in [4.78, 5) is 3.80. The van der Waals surface area contributed by atoms with Crippen LogP contribution in [0.25, 0.3) is 0 Å². The van der Waals surface area contributed by atoms with Crippen LogP contribution in [-0.2, 0) is 0 Å². The lowest BCUT2D eigenvalue weighted by atomic mass is 10.6. The summed E-state index contributed by atoms with van der Waals surface area (Å²) in [6, 6.07) is 0. The maximum absolute atomic E-state index is 3.80. The summed E-state index contributed by atoms with van der Waals surface area (Å²) >= 11 is 1.50. The highest BCUT2D eigenvalue weighted by Crippen LogP contribution is 2.00. The number of hydrogen-bond donors (Lipinski definition) is 0. The molecule has 0 aromatic heterocycles. The average molecular weight is 98.2 g/mol. The molecular weight excluding hydrogens is 94.1 g/mol. The molecule has 6 heavy (non-hydrogen) atoms. The van der Waals surface area contributed by atoms with E-state index in [1.54, 1.807) is 0 Å². The van der Waals surface area contributed by atoms with Gasteiger partial charge in [-0.3, -0.25) is 4.99 Å². The van der Waals surface area contributed by atoms with Crippen LogP contribution >= 0.6 is 11.8 Å². The summed E-state index contributed by atoms with van der Waals surface area (Å²) in [6.45, 7) is 0.812. The predicted molar refractivity (Wildman–Crippen MR) is 29.0 cm³/mol. The maximum Gasteiger partial charge on any atom is 0.127 e. The normalized spacial score (nSPS) is 18.7. The van der Waals surface area contributed by atoms with Crippen molar-refractivity contribution >= 4 is 17.3 Å². The van der Waals surface area contributed by atoms with Crippen molar-refractivity contribution in [1.29, 1.82) is 0 Å². The van der Waals surface area contributed by atoms with Crippen LogP contribution in [0.5, 0.6) is 0 Å². The monoisotopic (exact) mass is 98.0 g/mol. The largest absolute Gasteiger partial charge is 0.271 e. The fourth-order valence-corrected chi connectivity index (χ4v) is 0.641. The first-order chi connectivity index (χ1) is 3.00. The Hall–Kier alpha value is -0.240. The minimum atomic E-state index is 0.812. The number of rotatable bonds is 0. The van der Waals surface area contributed by atoms with E-state index in [0.717, 1.165) is 6.54 Å². The van der Waals surface area contributed by atoms with Crippen LogP contribution in [0.4, 0.5) is 0 Å². The van der Waals surface area contributed by atoms with Gasteiger partial charge in [0.2, 0.25) is 0 Å². The van der Waals surface area contributed by atoms with Gasteiger partial charge in [-0.25, -0.2) is 0 Å². The van der Waals surface area contributed by atoms with Gasteiger partial charge in [0.15, 0.2) is 0 Å². The van der Waals surface area contributed by atoms with Gasteiger partial charge in [-0.05, 0) is 5.41 Å². The summed E-state index contributed by atoms with van der Waals surface area (Å²) in [5.74, 6) is 0. The molecule has 0 fully saturated rings. The smallest absolute Gasteiger partial charge is 0.127 e. The van der Waals surface area contributed by atoms with Gasteiger partial charge in [0, 0.05) is 0 Å². The van der Waals surface area contributed by atoms with E-state index in [4.69, 9.17) is 0 Å². The number of hydrogen-bond acceptors (Lipinski definition) is 2. The molecule has 0 aromatic carbocycles. The van der Waals surface area contributed by atoms with Crippen LogP contribution in [0.15, 0.2) is 16.5 Å². The third kappa shape index (κ3) is 0.863. The second-order valence-electron chi connectivity index (χ2n) is 0.922. The van der Waals surface area contributed by atoms with Gasteiger partial charge in [-0.1, -0.05) is 17.8 Å². The van der Waals surface area contributed by atoms with Crippen molar-refractivity contribution in [2.24, 2.45) is 4.99 Å². The van der Waals surface area contributed by atoms with E-state index in [1.165, 1.54) is 11.8 Å². The molecular formula is C4H4NS. The van der Waals surface area contributed by atoms with Crippen molar-refractivity contribution in [2.45, 2.75) is 0 Å². The lowest BCUT2D eigenvalue weighted by Crippen LogP contribution is -1.74. The van der Waals surface area contributed by atoms with Gasteiger partial charge in [0.05, 0.1) is 6.54 Å². The molecule has 0 saturated heterocycles. The quantitative estimate of drug-likeness (QED) is 0.442. The molecule has 1 rings (SSSR count). The van der Waals surface area contributed by atoms with Gasteiger partial charge < -0.3 is 0 Å². The molecule has 0 bridgehead atoms. The van der Waals surface area contributed by atoms with Gasteiger partial charge >= 0.3 is 0 Å². The van der Waals surface area contributed by atoms with E-state index < -0.39 is 0 Å². The van der Waals surface area contributed by atoms with E-state index in [1.807, 2.05) is 11.5 Å². The molecule has 0 aliphatic carbocycles. The van der Waals surface area contributed by atoms with E-state index in [9.17, 15) is 0 Å². The van der Waals surface area contributed by atoms with Gasteiger partial charge in [0.25, 0.3) is 0 Å². The molecule has 1 radical (unpaired) electrons. The molecule has 1 nitrogen and oxygen atoms in total. The molecule has 0 aromatic rings. The van der Waals surface area contributed by atoms with Gasteiger partial charge in [0.1, 0.15) is 5.55 Å². The Bertz CT molecular complexity index is 65.5. The topological polar surface area (TPSA) is 12.4 Å². The molecule has 1 aliphatic rings.